The van der Waals surface area contributed by atoms with Crippen LogP contribution in [0.5, 0.6) is 0 Å². The summed E-state index contributed by atoms with van der Waals surface area (Å²) in [5.41, 5.74) is 0. The Balaban J connectivity index is 1.57. The fourth-order valence-electron chi connectivity index (χ4n) is 3.07. The zero-order chi connectivity index (χ0) is 14.7. The molecule has 0 aliphatic carbocycles. The first kappa shape index (κ1) is 14.5. The number of likely N-dealkylation sites (N-methyl/N-ethyl adjacent to an activating group) is 1. The van der Waals surface area contributed by atoms with Crippen molar-refractivity contribution in [3.63, 3.8) is 0 Å². The maximum Gasteiger partial charge on any atom is 0.292 e. The molecule has 2 aliphatic rings. The van der Waals surface area contributed by atoms with E-state index in [0.717, 1.165) is 51.9 Å². The van der Waals surface area contributed by atoms with Crippen LogP contribution in [-0.2, 0) is 0 Å². The predicted octanol–water partition coefficient (Wildman–Crippen LogP) is 0.708. The van der Waals surface area contributed by atoms with E-state index in [-0.39, 0.29) is 23.8 Å². The highest BCUT2D eigenvalue weighted by atomic mass is 16.5. The number of rotatable bonds is 4. The molecule has 7 nitrogen and oxygen atoms in total. The summed E-state index contributed by atoms with van der Waals surface area (Å²) < 4.78 is 5.21. The molecule has 2 atom stereocenters. The van der Waals surface area contributed by atoms with E-state index in [4.69, 9.17) is 4.52 Å². The third kappa shape index (κ3) is 3.41. The molecular formula is C14H23N5O2. The maximum atomic E-state index is 12.2. The number of nitrogens with one attached hydrogen (secondary N) is 2. The van der Waals surface area contributed by atoms with Crippen LogP contribution in [0.4, 0.5) is 0 Å². The zero-order valence-corrected chi connectivity index (χ0v) is 12.5. The SMILES string of the molecule is CCN1CCCC(NC(=O)c2noc(C3CCCN3)n2)C1. The molecule has 116 valence electrons. The summed E-state index contributed by atoms with van der Waals surface area (Å²) in [6.07, 6.45) is 4.21. The number of aromatic nitrogens is 2. The van der Waals surface area contributed by atoms with Gasteiger partial charge in [0.1, 0.15) is 0 Å². The maximum absolute atomic E-state index is 12.2. The number of nitrogens with zero attached hydrogens (tertiary/aromatic N) is 3. The van der Waals surface area contributed by atoms with Crippen molar-refractivity contribution in [3.05, 3.63) is 11.7 Å². The van der Waals surface area contributed by atoms with Crippen LogP contribution in [0, 0.1) is 0 Å². The molecule has 1 aromatic rings. The van der Waals surface area contributed by atoms with E-state index in [0.29, 0.717) is 5.89 Å². The summed E-state index contributed by atoms with van der Waals surface area (Å²) in [5, 5.41) is 10.1. The normalized spacial score (nSPS) is 26.9. The van der Waals surface area contributed by atoms with E-state index >= 15 is 0 Å². The predicted molar refractivity (Wildman–Crippen MR) is 76.9 cm³/mol. The van der Waals surface area contributed by atoms with Crippen LogP contribution < -0.4 is 10.6 Å². The molecule has 2 fully saturated rings. The third-order valence-electron chi connectivity index (χ3n) is 4.29. The molecule has 0 bridgehead atoms. The third-order valence-corrected chi connectivity index (χ3v) is 4.29. The van der Waals surface area contributed by atoms with Crippen molar-refractivity contribution < 1.29 is 9.32 Å². The number of amides is 1. The lowest BCUT2D eigenvalue weighted by molar-refractivity contribution is 0.0892. The van der Waals surface area contributed by atoms with E-state index in [1.807, 2.05) is 0 Å². The van der Waals surface area contributed by atoms with Gasteiger partial charge in [-0.15, -0.1) is 0 Å². The second-order valence-corrected chi connectivity index (χ2v) is 5.81. The van der Waals surface area contributed by atoms with Crippen molar-refractivity contribution in [1.82, 2.24) is 25.7 Å². The molecule has 7 heteroatoms. The molecular weight excluding hydrogens is 270 g/mol. The number of piperidine rings is 1. The average Bonchev–Trinajstić information content (AvgIpc) is 3.18. The molecule has 2 aliphatic heterocycles. The molecule has 21 heavy (non-hydrogen) atoms. The van der Waals surface area contributed by atoms with Crippen LogP contribution in [0.15, 0.2) is 4.52 Å². The summed E-state index contributed by atoms with van der Waals surface area (Å²) in [6, 6.07) is 0.280. The lowest BCUT2D eigenvalue weighted by atomic mass is 10.1. The molecule has 2 N–H and O–H groups in total. The molecule has 0 spiro atoms. The number of likely N-dealkylation sites (tertiary alicyclic amines) is 1. The number of hydrogen-bond donors (Lipinski definition) is 2. The lowest BCUT2D eigenvalue weighted by Gasteiger charge is -2.31. The molecule has 0 saturated carbocycles. The Kier molecular flexibility index (Phi) is 4.50. The zero-order valence-electron chi connectivity index (χ0n) is 12.5. The minimum atomic E-state index is -0.231. The van der Waals surface area contributed by atoms with Crippen molar-refractivity contribution >= 4 is 5.91 Å². The standard InChI is InChI=1S/C14H23N5O2/c1-2-19-8-4-5-10(9-19)16-13(20)12-17-14(21-18-12)11-6-3-7-15-11/h10-11,15H,2-9H2,1H3,(H,16,20). The van der Waals surface area contributed by atoms with Crippen LogP contribution in [0.1, 0.15) is 55.2 Å². The van der Waals surface area contributed by atoms with Crippen LogP contribution in [-0.4, -0.2) is 53.2 Å². The number of carbonyl (C=O) groups is 1. The van der Waals surface area contributed by atoms with Crippen molar-refractivity contribution in [2.24, 2.45) is 0 Å². The quantitative estimate of drug-likeness (QED) is 0.850. The van der Waals surface area contributed by atoms with E-state index in [1.54, 1.807) is 0 Å². The van der Waals surface area contributed by atoms with Gasteiger partial charge in [-0.25, -0.2) is 0 Å². The molecule has 1 amide bonds. The first-order valence-corrected chi connectivity index (χ1v) is 7.86. The Labute approximate surface area is 124 Å². The lowest BCUT2D eigenvalue weighted by Crippen LogP contribution is -2.47. The Morgan fingerprint density at radius 3 is 3.14 bits per heavy atom. The fraction of sp³-hybridized carbons (Fsp3) is 0.786. The Morgan fingerprint density at radius 2 is 2.38 bits per heavy atom. The minimum Gasteiger partial charge on any atom is -0.345 e. The number of hydrogen-bond acceptors (Lipinski definition) is 6. The minimum absolute atomic E-state index is 0.101. The van der Waals surface area contributed by atoms with E-state index in [1.165, 1.54) is 0 Å². The summed E-state index contributed by atoms with van der Waals surface area (Å²) in [6.45, 7) is 6.14. The topological polar surface area (TPSA) is 83.3 Å². The van der Waals surface area contributed by atoms with Gasteiger partial charge < -0.3 is 20.1 Å². The van der Waals surface area contributed by atoms with Crippen molar-refractivity contribution in [3.8, 4) is 0 Å². The fourth-order valence-corrected chi connectivity index (χ4v) is 3.07. The van der Waals surface area contributed by atoms with Crippen molar-refractivity contribution in [2.75, 3.05) is 26.2 Å². The van der Waals surface area contributed by atoms with Gasteiger partial charge in [0, 0.05) is 12.6 Å². The van der Waals surface area contributed by atoms with Crippen LogP contribution in [0.3, 0.4) is 0 Å². The summed E-state index contributed by atoms with van der Waals surface area (Å²) in [4.78, 5) is 18.8. The van der Waals surface area contributed by atoms with Gasteiger partial charge in [0.2, 0.25) is 5.89 Å². The van der Waals surface area contributed by atoms with Gasteiger partial charge in [0.15, 0.2) is 0 Å². The summed E-state index contributed by atoms with van der Waals surface area (Å²) in [5.74, 6) is 0.440. The highest BCUT2D eigenvalue weighted by Gasteiger charge is 2.26. The van der Waals surface area contributed by atoms with Crippen molar-refractivity contribution in [2.45, 2.75) is 44.7 Å². The highest BCUT2D eigenvalue weighted by Crippen LogP contribution is 2.21. The molecule has 3 heterocycles. The summed E-state index contributed by atoms with van der Waals surface area (Å²) >= 11 is 0. The van der Waals surface area contributed by atoms with Gasteiger partial charge in [-0.1, -0.05) is 12.1 Å². The Bertz CT molecular complexity index is 483. The van der Waals surface area contributed by atoms with Crippen LogP contribution >= 0.6 is 0 Å². The second-order valence-electron chi connectivity index (χ2n) is 5.81. The van der Waals surface area contributed by atoms with E-state index in [2.05, 4.69) is 32.6 Å². The van der Waals surface area contributed by atoms with Crippen LogP contribution in [0.2, 0.25) is 0 Å². The van der Waals surface area contributed by atoms with E-state index in [9.17, 15) is 4.79 Å². The first-order valence-electron chi connectivity index (χ1n) is 7.86. The molecule has 2 saturated heterocycles. The van der Waals surface area contributed by atoms with Crippen molar-refractivity contribution in [1.29, 1.82) is 0 Å². The second kappa shape index (κ2) is 6.53. The summed E-state index contributed by atoms with van der Waals surface area (Å²) in [7, 11) is 0. The monoisotopic (exact) mass is 293 g/mol. The molecule has 0 aromatic carbocycles. The molecule has 2 unspecified atom stereocenters. The van der Waals surface area contributed by atoms with Gasteiger partial charge >= 0.3 is 0 Å². The average molecular weight is 293 g/mol. The van der Waals surface area contributed by atoms with Gasteiger partial charge in [0.05, 0.1) is 6.04 Å². The highest BCUT2D eigenvalue weighted by molar-refractivity contribution is 5.90. The molecule has 1 aromatic heterocycles. The van der Waals surface area contributed by atoms with Gasteiger partial charge in [-0.3, -0.25) is 4.79 Å². The smallest absolute Gasteiger partial charge is 0.292 e. The molecule has 3 rings (SSSR count). The Morgan fingerprint density at radius 1 is 1.48 bits per heavy atom. The van der Waals surface area contributed by atoms with Gasteiger partial charge in [-0.2, -0.15) is 4.98 Å². The van der Waals surface area contributed by atoms with Gasteiger partial charge in [0.25, 0.3) is 11.7 Å². The Hall–Kier alpha value is -1.47. The largest absolute Gasteiger partial charge is 0.345 e. The molecule has 0 radical (unpaired) electrons. The van der Waals surface area contributed by atoms with E-state index < -0.39 is 0 Å². The van der Waals surface area contributed by atoms with Crippen LogP contribution in [0.25, 0.3) is 0 Å². The number of carbonyl (C=O) groups excluding carboxylic acids is 1. The van der Waals surface area contributed by atoms with Gasteiger partial charge in [-0.05, 0) is 45.3 Å². The first-order chi connectivity index (χ1) is 10.3.